The molecule has 3 atom stereocenters. The standard InChI is InChI=1S/C22H21NO8/c1-2-12(24)10-3-4-13(25)16-11(10)6-8-5-9-7-14(26)17(21(23)30)20(29)22(9,31)19(28)15(8)18(16)27/h3-4,8-9,25-26,28,31H,2,5-7H2,1H3,(H2,23,30)/t8-,9+,22+/m1/s1. The molecule has 3 aliphatic carbocycles. The Bertz CT molecular complexity index is 1140. The Morgan fingerprint density at radius 3 is 2.45 bits per heavy atom. The lowest BCUT2D eigenvalue weighted by atomic mass is 9.60. The van der Waals surface area contributed by atoms with E-state index in [9.17, 15) is 39.6 Å². The van der Waals surface area contributed by atoms with Crippen LogP contribution in [0.3, 0.4) is 0 Å². The number of carbonyl (C=O) groups is 4. The highest BCUT2D eigenvalue weighted by Crippen LogP contribution is 2.51. The average molecular weight is 427 g/mol. The number of aliphatic hydroxyl groups is 3. The van der Waals surface area contributed by atoms with Crippen molar-refractivity contribution < 1.29 is 39.6 Å². The maximum atomic E-state index is 13.3. The fourth-order valence-corrected chi connectivity index (χ4v) is 5.07. The van der Waals surface area contributed by atoms with Crippen LogP contribution in [0.5, 0.6) is 5.75 Å². The quantitative estimate of drug-likeness (QED) is 0.353. The molecule has 0 saturated carbocycles. The number of fused-ring (bicyclic) bond motifs is 3. The molecule has 0 heterocycles. The van der Waals surface area contributed by atoms with Gasteiger partial charge in [0.1, 0.15) is 22.8 Å². The maximum Gasteiger partial charge on any atom is 0.255 e. The Hall–Kier alpha value is -3.46. The first-order chi connectivity index (χ1) is 14.5. The number of phenolic OH excluding ortho intramolecular Hbond substituents is 1. The molecule has 0 bridgehead atoms. The van der Waals surface area contributed by atoms with Crippen molar-refractivity contribution in [2.75, 3.05) is 0 Å². The Labute approximate surface area is 176 Å². The summed E-state index contributed by atoms with van der Waals surface area (Å²) >= 11 is 0. The average Bonchev–Trinajstić information content (AvgIpc) is 2.70. The summed E-state index contributed by atoms with van der Waals surface area (Å²) in [7, 11) is 0. The second-order valence-corrected chi connectivity index (χ2v) is 8.17. The number of amides is 1. The van der Waals surface area contributed by atoms with Crippen molar-refractivity contribution >= 4 is 23.3 Å². The molecule has 0 aliphatic heterocycles. The van der Waals surface area contributed by atoms with Crippen LogP contribution in [0.1, 0.15) is 52.5 Å². The third kappa shape index (κ3) is 2.66. The second kappa shape index (κ2) is 6.78. The van der Waals surface area contributed by atoms with E-state index in [4.69, 9.17) is 5.73 Å². The lowest BCUT2D eigenvalue weighted by molar-refractivity contribution is -0.144. The van der Waals surface area contributed by atoms with Crippen LogP contribution in [0.2, 0.25) is 0 Å². The molecular weight excluding hydrogens is 406 g/mol. The van der Waals surface area contributed by atoms with Crippen LogP contribution in [0.4, 0.5) is 0 Å². The summed E-state index contributed by atoms with van der Waals surface area (Å²) < 4.78 is 0. The first kappa shape index (κ1) is 20.8. The van der Waals surface area contributed by atoms with Crippen LogP contribution in [-0.4, -0.2) is 49.3 Å². The predicted octanol–water partition coefficient (Wildman–Crippen LogP) is 1.17. The molecule has 1 aromatic rings. The summed E-state index contributed by atoms with van der Waals surface area (Å²) in [6.07, 6.45) is 0.0356. The highest BCUT2D eigenvalue weighted by atomic mass is 16.3. The van der Waals surface area contributed by atoms with E-state index in [1.54, 1.807) is 6.92 Å². The van der Waals surface area contributed by atoms with E-state index in [-0.39, 0.29) is 48.4 Å². The number of aliphatic hydroxyl groups excluding tert-OH is 2. The fraction of sp³-hybridized carbons (Fsp3) is 0.364. The molecular formula is C22H21NO8. The minimum absolute atomic E-state index is 0.0261. The zero-order valence-corrected chi connectivity index (χ0v) is 16.6. The number of rotatable bonds is 3. The molecule has 0 unspecified atom stereocenters. The van der Waals surface area contributed by atoms with Gasteiger partial charge < -0.3 is 26.2 Å². The number of benzene rings is 1. The fourth-order valence-electron chi connectivity index (χ4n) is 5.07. The SMILES string of the molecule is CCC(=O)c1ccc(O)c2c1C[C@H]1C[C@H]3CC(O)=C(C(N)=O)C(=O)[C@@]3(O)C(O)=C1C2=O. The van der Waals surface area contributed by atoms with Crippen LogP contribution in [-0.2, 0) is 16.0 Å². The van der Waals surface area contributed by atoms with Crippen LogP contribution in [0.25, 0.3) is 0 Å². The van der Waals surface area contributed by atoms with Crippen LogP contribution in [0.15, 0.2) is 34.8 Å². The van der Waals surface area contributed by atoms with Crippen LogP contribution in [0, 0.1) is 11.8 Å². The van der Waals surface area contributed by atoms with Gasteiger partial charge in [0.05, 0.1) is 5.56 Å². The summed E-state index contributed by atoms with van der Waals surface area (Å²) in [5.74, 6) is -7.08. The van der Waals surface area contributed by atoms with Crippen molar-refractivity contribution in [3.63, 3.8) is 0 Å². The number of aromatic hydroxyl groups is 1. The van der Waals surface area contributed by atoms with Gasteiger partial charge in [-0.25, -0.2) is 0 Å². The zero-order chi connectivity index (χ0) is 22.8. The third-order valence-electron chi connectivity index (χ3n) is 6.57. The molecule has 6 N–H and O–H groups in total. The van der Waals surface area contributed by atoms with E-state index in [1.165, 1.54) is 12.1 Å². The Kier molecular flexibility index (Phi) is 4.55. The number of nitrogens with two attached hydrogens (primary N) is 1. The summed E-state index contributed by atoms with van der Waals surface area (Å²) in [4.78, 5) is 50.1. The molecule has 31 heavy (non-hydrogen) atoms. The first-order valence-corrected chi connectivity index (χ1v) is 9.89. The normalized spacial score (nSPS) is 27.5. The second-order valence-electron chi connectivity index (χ2n) is 8.17. The minimum Gasteiger partial charge on any atom is -0.511 e. The minimum atomic E-state index is -2.60. The molecule has 0 aromatic heterocycles. The van der Waals surface area contributed by atoms with Gasteiger partial charge in [0.15, 0.2) is 17.2 Å². The number of phenols is 1. The van der Waals surface area contributed by atoms with Crippen LogP contribution < -0.4 is 5.73 Å². The molecule has 1 aromatic carbocycles. The van der Waals surface area contributed by atoms with E-state index in [1.807, 2.05) is 0 Å². The Balaban J connectivity index is 1.92. The topological polar surface area (TPSA) is 175 Å². The number of primary amides is 1. The van der Waals surface area contributed by atoms with E-state index in [2.05, 4.69) is 0 Å². The molecule has 0 fully saturated rings. The highest BCUT2D eigenvalue weighted by Gasteiger charge is 2.59. The van der Waals surface area contributed by atoms with E-state index in [0.29, 0.717) is 11.1 Å². The summed E-state index contributed by atoms with van der Waals surface area (Å²) in [5.41, 5.74) is 1.99. The van der Waals surface area contributed by atoms with Crippen molar-refractivity contribution in [2.45, 2.75) is 38.2 Å². The molecule has 9 heteroatoms. The van der Waals surface area contributed by atoms with Gasteiger partial charge in [-0.1, -0.05) is 6.92 Å². The van der Waals surface area contributed by atoms with Gasteiger partial charge in [-0.15, -0.1) is 0 Å². The van der Waals surface area contributed by atoms with Gasteiger partial charge in [-0.05, 0) is 36.5 Å². The summed E-state index contributed by atoms with van der Waals surface area (Å²) in [6.45, 7) is 1.67. The Morgan fingerprint density at radius 1 is 1.16 bits per heavy atom. The smallest absolute Gasteiger partial charge is 0.255 e. The number of hydrogen-bond donors (Lipinski definition) is 5. The number of allylic oxidation sites excluding steroid dienone is 2. The van der Waals surface area contributed by atoms with Crippen molar-refractivity contribution in [3.8, 4) is 5.75 Å². The third-order valence-corrected chi connectivity index (χ3v) is 6.57. The number of ketones is 3. The van der Waals surface area contributed by atoms with Gasteiger partial charge in [0.2, 0.25) is 5.78 Å². The maximum absolute atomic E-state index is 13.3. The van der Waals surface area contributed by atoms with E-state index >= 15 is 0 Å². The van der Waals surface area contributed by atoms with Gasteiger partial charge in [0, 0.05) is 29.9 Å². The van der Waals surface area contributed by atoms with E-state index in [0.717, 1.165) is 0 Å². The van der Waals surface area contributed by atoms with E-state index < -0.39 is 52.0 Å². The molecule has 3 aliphatic rings. The van der Waals surface area contributed by atoms with Crippen molar-refractivity contribution in [1.29, 1.82) is 0 Å². The van der Waals surface area contributed by atoms with Gasteiger partial charge in [0.25, 0.3) is 5.91 Å². The first-order valence-electron chi connectivity index (χ1n) is 9.89. The molecule has 4 rings (SSSR count). The number of hydrogen-bond acceptors (Lipinski definition) is 8. The Morgan fingerprint density at radius 2 is 1.84 bits per heavy atom. The predicted molar refractivity (Wildman–Crippen MR) is 105 cm³/mol. The van der Waals surface area contributed by atoms with Crippen LogP contribution >= 0.6 is 0 Å². The molecule has 0 saturated heterocycles. The lowest BCUT2D eigenvalue weighted by Gasteiger charge is -2.45. The molecule has 0 radical (unpaired) electrons. The molecule has 9 nitrogen and oxygen atoms in total. The zero-order valence-electron chi connectivity index (χ0n) is 16.6. The van der Waals surface area contributed by atoms with Gasteiger partial charge in [-0.3, -0.25) is 19.2 Å². The van der Waals surface area contributed by atoms with Crippen molar-refractivity contribution in [3.05, 3.63) is 51.5 Å². The molecule has 1 amide bonds. The highest BCUT2D eigenvalue weighted by molar-refractivity contribution is 6.24. The molecule has 0 spiro atoms. The monoisotopic (exact) mass is 427 g/mol. The van der Waals surface area contributed by atoms with Crippen molar-refractivity contribution in [1.82, 2.24) is 0 Å². The van der Waals surface area contributed by atoms with Gasteiger partial charge in [-0.2, -0.15) is 0 Å². The largest absolute Gasteiger partial charge is 0.511 e. The summed E-state index contributed by atoms with van der Waals surface area (Å²) in [6, 6.07) is 2.66. The van der Waals surface area contributed by atoms with Gasteiger partial charge >= 0.3 is 0 Å². The number of carbonyl (C=O) groups excluding carboxylic acids is 4. The van der Waals surface area contributed by atoms with Crippen molar-refractivity contribution in [2.24, 2.45) is 17.6 Å². The summed E-state index contributed by atoms with van der Waals surface area (Å²) in [5, 5.41) is 42.5. The number of Topliss-reactive ketones (excluding diaryl/α,β-unsaturated/α-hetero) is 3. The molecule has 162 valence electrons. The lowest BCUT2D eigenvalue weighted by Crippen LogP contribution is -2.57.